The van der Waals surface area contributed by atoms with Gasteiger partial charge >= 0.3 is 6.03 Å². The molecule has 5 heteroatoms. The number of anilines is 1. The van der Waals surface area contributed by atoms with Crippen molar-refractivity contribution in [1.29, 1.82) is 0 Å². The van der Waals surface area contributed by atoms with E-state index >= 15 is 0 Å². The van der Waals surface area contributed by atoms with E-state index in [2.05, 4.69) is 10.6 Å². The minimum Gasteiger partial charge on any atom is -0.331 e. The highest BCUT2D eigenvalue weighted by atomic mass is 35.5. The Hall–Kier alpha value is -1.52. The van der Waals surface area contributed by atoms with Crippen LogP contribution in [0.4, 0.5) is 10.5 Å². The Bertz CT molecular complexity index is 527. The molecule has 2 N–H and O–H groups in total. The number of rotatable bonds is 3. The topological polar surface area (TPSA) is 41.1 Å². The summed E-state index contributed by atoms with van der Waals surface area (Å²) in [4.78, 5) is 12.8. The average molecular weight is 281 g/mol. The summed E-state index contributed by atoms with van der Waals surface area (Å²) in [7, 11) is 0. The molecule has 0 radical (unpaired) electrons. The molecule has 0 aliphatic heterocycles. The van der Waals surface area contributed by atoms with Gasteiger partial charge in [0.1, 0.15) is 0 Å². The minimum atomic E-state index is -0.224. The molecule has 1 unspecified atom stereocenters. The zero-order valence-electron chi connectivity index (χ0n) is 9.81. The highest BCUT2D eigenvalue weighted by molar-refractivity contribution is 7.16. The van der Waals surface area contributed by atoms with Gasteiger partial charge in [-0.25, -0.2) is 4.79 Å². The molecule has 0 bridgehead atoms. The quantitative estimate of drug-likeness (QED) is 0.865. The maximum Gasteiger partial charge on any atom is 0.319 e. The third kappa shape index (κ3) is 3.48. The molecule has 1 aromatic heterocycles. The number of carbonyl (C=O) groups is 1. The summed E-state index contributed by atoms with van der Waals surface area (Å²) in [5, 5.41) is 5.63. The molecule has 2 aromatic rings. The Kier molecular flexibility index (Phi) is 4.23. The number of hydrogen-bond acceptors (Lipinski definition) is 2. The van der Waals surface area contributed by atoms with Crippen molar-refractivity contribution in [2.45, 2.75) is 13.0 Å². The van der Waals surface area contributed by atoms with Crippen LogP contribution < -0.4 is 10.6 Å². The van der Waals surface area contributed by atoms with Crippen molar-refractivity contribution in [2.75, 3.05) is 5.32 Å². The number of thiophene rings is 1. The van der Waals surface area contributed by atoms with E-state index in [0.717, 1.165) is 14.9 Å². The summed E-state index contributed by atoms with van der Waals surface area (Å²) in [6.45, 7) is 1.92. The van der Waals surface area contributed by atoms with Crippen LogP contribution in [0.25, 0.3) is 0 Å². The number of urea groups is 1. The summed E-state index contributed by atoms with van der Waals surface area (Å²) in [5.41, 5.74) is 0.770. The van der Waals surface area contributed by atoms with Crippen LogP contribution in [0.5, 0.6) is 0 Å². The predicted octanol–water partition coefficient (Wildman–Crippen LogP) is 4.28. The summed E-state index contributed by atoms with van der Waals surface area (Å²) < 4.78 is 0.724. The number of hydrogen-bond donors (Lipinski definition) is 2. The lowest BCUT2D eigenvalue weighted by atomic mass is 10.3. The van der Waals surface area contributed by atoms with Crippen molar-refractivity contribution in [3.63, 3.8) is 0 Å². The van der Waals surface area contributed by atoms with Crippen molar-refractivity contribution in [3.8, 4) is 0 Å². The van der Waals surface area contributed by atoms with E-state index in [0.29, 0.717) is 0 Å². The summed E-state index contributed by atoms with van der Waals surface area (Å²) in [6, 6.07) is 12.8. The van der Waals surface area contributed by atoms with Crippen molar-refractivity contribution in [2.24, 2.45) is 0 Å². The highest BCUT2D eigenvalue weighted by Crippen LogP contribution is 2.26. The van der Waals surface area contributed by atoms with Gasteiger partial charge in [-0.3, -0.25) is 0 Å². The number of carbonyl (C=O) groups excluding carboxylic acids is 1. The fraction of sp³-hybridized carbons (Fsp3) is 0.154. The van der Waals surface area contributed by atoms with Gasteiger partial charge in [-0.05, 0) is 31.2 Å². The molecule has 2 rings (SSSR count). The lowest BCUT2D eigenvalue weighted by molar-refractivity contribution is 0.249. The van der Waals surface area contributed by atoms with Gasteiger partial charge in [0.15, 0.2) is 0 Å². The Labute approximate surface area is 115 Å². The average Bonchev–Trinajstić information content (AvgIpc) is 2.77. The molecule has 0 spiro atoms. The van der Waals surface area contributed by atoms with Crippen LogP contribution in [0, 0.1) is 0 Å². The minimum absolute atomic E-state index is 0.0637. The fourth-order valence-corrected chi connectivity index (χ4v) is 2.58. The monoisotopic (exact) mass is 280 g/mol. The van der Waals surface area contributed by atoms with E-state index in [1.807, 2.05) is 49.4 Å². The molecular weight excluding hydrogens is 268 g/mol. The van der Waals surface area contributed by atoms with Crippen LogP contribution in [0.3, 0.4) is 0 Å². The van der Waals surface area contributed by atoms with Crippen molar-refractivity contribution in [1.82, 2.24) is 5.32 Å². The van der Waals surface area contributed by atoms with Gasteiger partial charge in [0, 0.05) is 10.6 Å². The van der Waals surface area contributed by atoms with E-state index in [-0.39, 0.29) is 12.1 Å². The molecule has 1 heterocycles. The molecule has 0 aliphatic rings. The molecule has 2 amide bonds. The van der Waals surface area contributed by atoms with Gasteiger partial charge in [-0.15, -0.1) is 11.3 Å². The van der Waals surface area contributed by atoms with E-state index in [9.17, 15) is 4.79 Å². The van der Waals surface area contributed by atoms with E-state index < -0.39 is 0 Å². The number of para-hydroxylation sites is 1. The third-order valence-electron chi connectivity index (χ3n) is 2.40. The van der Waals surface area contributed by atoms with Crippen LogP contribution in [0.15, 0.2) is 42.5 Å². The standard InChI is InChI=1S/C13H13ClN2OS/c1-9(11-7-8-12(14)18-11)15-13(17)16-10-5-3-2-4-6-10/h2-9H,1H3,(H2,15,16,17). The van der Waals surface area contributed by atoms with Crippen molar-refractivity contribution in [3.05, 3.63) is 51.7 Å². The number of amides is 2. The van der Waals surface area contributed by atoms with Gasteiger partial charge in [-0.2, -0.15) is 0 Å². The first-order valence-corrected chi connectivity index (χ1v) is 6.72. The Morgan fingerprint density at radius 2 is 1.94 bits per heavy atom. The zero-order valence-corrected chi connectivity index (χ0v) is 11.4. The van der Waals surface area contributed by atoms with Gasteiger partial charge in [0.2, 0.25) is 0 Å². The van der Waals surface area contributed by atoms with Crippen LogP contribution in [-0.2, 0) is 0 Å². The molecule has 3 nitrogen and oxygen atoms in total. The largest absolute Gasteiger partial charge is 0.331 e. The highest BCUT2D eigenvalue weighted by Gasteiger charge is 2.11. The first-order valence-electron chi connectivity index (χ1n) is 5.53. The lowest BCUT2D eigenvalue weighted by Gasteiger charge is -2.13. The van der Waals surface area contributed by atoms with Crippen LogP contribution >= 0.6 is 22.9 Å². The summed E-state index contributed by atoms with van der Waals surface area (Å²) in [5.74, 6) is 0. The Morgan fingerprint density at radius 3 is 2.56 bits per heavy atom. The van der Waals surface area contributed by atoms with Gasteiger partial charge in [0.25, 0.3) is 0 Å². The second-order valence-electron chi connectivity index (χ2n) is 3.83. The smallest absolute Gasteiger partial charge is 0.319 e. The van der Waals surface area contributed by atoms with Crippen LogP contribution in [-0.4, -0.2) is 6.03 Å². The maximum atomic E-state index is 11.8. The molecule has 1 atom stereocenters. The first kappa shape index (κ1) is 12.9. The maximum absolute atomic E-state index is 11.8. The predicted molar refractivity (Wildman–Crippen MR) is 76.3 cm³/mol. The van der Waals surface area contributed by atoms with Crippen molar-refractivity contribution < 1.29 is 4.79 Å². The van der Waals surface area contributed by atoms with Gasteiger partial charge in [0.05, 0.1) is 10.4 Å². The van der Waals surface area contributed by atoms with Crippen molar-refractivity contribution >= 4 is 34.7 Å². The Morgan fingerprint density at radius 1 is 1.22 bits per heavy atom. The first-order chi connectivity index (χ1) is 8.65. The Balaban J connectivity index is 1.92. The zero-order chi connectivity index (χ0) is 13.0. The SMILES string of the molecule is CC(NC(=O)Nc1ccccc1)c1ccc(Cl)s1. The van der Waals surface area contributed by atoms with Crippen LogP contribution in [0.2, 0.25) is 4.34 Å². The number of benzene rings is 1. The van der Waals surface area contributed by atoms with E-state index in [1.54, 1.807) is 0 Å². The second kappa shape index (κ2) is 5.89. The molecule has 0 aliphatic carbocycles. The van der Waals surface area contributed by atoms with Crippen LogP contribution in [0.1, 0.15) is 17.8 Å². The lowest BCUT2D eigenvalue weighted by Crippen LogP contribution is -2.30. The fourth-order valence-electron chi connectivity index (χ4n) is 1.52. The molecule has 0 saturated carbocycles. The molecule has 0 fully saturated rings. The number of nitrogens with one attached hydrogen (secondary N) is 2. The number of halogens is 1. The van der Waals surface area contributed by atoms with Gasteiger partial charge in [-0.1, -0.05) is 29.8 Å². The van der Waals surface area contributed by atoms with E-state index in [4.69, 9.17) is 11.6 Å². The summed E-state index contributed by atoms with van der Waals surface area (Å²) in [6.07, 6.45) is 0. The normalized spacial score (nSPS) is 11.9. The molecular formula is C13H13ClN2OS. The van der Waals surface area contributed by atoms with E-state index in [1.165, 1.54) is 11.3 Å². The third-order valence-corrected chi connectivity index (χ3v) is 3.81. The summed E-state index contributed by atoms with van der Waals surface area (Å²) >= 11 is 7.33. The second-order valence-corrected chi connectivity index (χ2v) is 5.57. The molecule has 94 valence electrons. The van der Waals surface area contributed by atoms with Gasteiger partial charge < -0.3 is 10.6 Å². The molecule has 0 saturated heterocycles. The molecule has 18 heavy (non-hydrogen) atoms. The molecule has 1 aromatic carbocycles.